The highest BCUT2D eigenvalue weighted by Gasteiger charge is 2.47. The molecule has 0 N–H and O–H groups in total. The van der Waals surface area contributed by atoms with Gasteiger partial charge in [-0.25, -0.2) is 0 Å². The maximum absolute atomic E-state index is 6.53. The number of rotatable bonds is 1. The van der Waals surface area contributed by atoms with E-state index in [4.69, 9.17) is 9.47 Å². The number of ether oxygens (including phenoxy) is 2. The molecular weight excluding hydrogens is 284 g/mol. The highest BCUT2D eigenvalue weighted by Crippen LogP contribution is 2.52. The Kier molecular flexibility index (Phi) is 3.46. The SMILES string of the molecule is C[C@H]1CC[C@H]2[C@H](O1)c1cccc(-c3ccccc3)c1OC2(C)C. The third-order valence-corrected chi connectivity index (χ3v) is 5.32. The Morgan fingerprint density at radius 2 is 1.74 bits per heavy atom. The maximum Gasteiger partial charge on any atom is 0.133 e. The van der Waals surface area contributed by atoms with E-state index in [1.807, 2.05) is 6.07 Å². The predicted octanol–water partition coefficient (Wildman–Crippen LogP) is 5.38. The van der Waals surface area contributed by atoms with Crippen LogP contribution in [0.1, 0.15) is 45.3 Å². The summed E-state index contributed by atoms with van der Waals surface area (Å²) in [5, 5.41) is 0. The Hall–Kier alpha value is -1.80. The van der Waals surface area contributed by atoms with Crippen LogP contribution in [0.15, 0.2) is 48.5 Å². The lowest BCUT2D eigenvalue weighted by Crippen LogP contribution is -2.48. The van der Waals surface area contributed by atoms with E-state index >= 15 is 0 Å². The maximum atomic E-state index is 6.53. The van der Waals surface area contributed by atoms with E-state index in [1.165, 1.54) is 11.1 Å². The number of benzene rings is 2. The van der Waals surface area contributed by atoms with Crippen molar-refractivity contribution in [2.75, 3.05) is 0 Å². The van der Waals surface area contributed by atoms with Crippen molar-refractivity contribution in [2.45, 2.75) is 51.4 Å². The molecule has 120 valence electrons. The second kappa shape index (κ2) is 5.38. The highest BCUT2D eigenvalue weighted by molar-refractivity contribution is 5.73. The van der Waals surface area contributed by atoms with Crippen molar-refractivity contribution < 1.29 is 9.47 Å². The van der Waals surface area contributed by atoms with Crippen LogP contribution in [0, 0.1) is 5.92 Å². The van der Waals surface area contributed by atoms with Crippen LogP contribution in [-0.4, -0.2) is 11.7 Å². The topological polar surface area (TPSA) is 18.5 Å². The smallest absolute Gasteiger partial charge is 0.133 e. The summed E-state index contributed by atoms with van der Waals surface area (Å²) in [6.45, 7) is 6.59. The van der Waals surface area contributed by atoms with Gasteiger partial charge >= 0.3 is 0 Å². The molecule has 0 aliphatic carbocycles. The molecule has 2 aliphatic rings. The largest absolute Gasteiger partial charge is 0.486 e. The molecule has 0 saturated carbocycles. The van der Waals surface area contributed by atoms with E-state index in [0.29, 0.717) is 12.0 Å². The van der Waals surface area contributed by atoms with E-state index in [0.717, 1.165) is 24.2 Å². The standard InChI is InChI=1S/C21H24O2/c1-14-12-13-18-20(22-14)17-11-7-10-16(15-8-5-4-6-9-15)19(17)23-21(18,2)3/h4-11,14,18,20H,12-13H2,1-3H3/t14-,18-,20+/m0/s1. The zero-order valence-electron chi connectivity index (χ0n) is 14.1. The first kappa shape index (κ1) is 14.8. The Balaban J connectivity index is 1.86. The van der Waals surface area contributed by atoms with Gasteiger partial charge in [-0.2, -0.15) is 0 Å². The molecule has 2 heterocycles. The second-order valence-electron chi connectivity index (χ2n) is 7.35. The van der Waals surface area contributed by atoms with Crippen LogP contribution in [0.3, 0.4) is 0 Å². The van der Waals surface area contributed by atoms with Gasteiger partial charge < -0.3 is 9.47 Å². The van der Waals surface area contributed by atoms with Crippen LogP contribution < -0.4 is 4.74 Å². The summed E-state index contributed by atoms with van der Waals surface area (Å²) < 4.78 is 12.9. The molecule has 0 unspecified atom stereocenters. The Bertz CT molecular complexity index is 705. The van der Waals surface area contributed by atoms with Crippen LogP contribution >= 0.6 is 0 Å². The van der Waals surface area contributed by atoms with Gasteiger partial charge in [0.2, 0.25) is 0 Å². The predicted molar refractivity (Wildman–Crippen MR) is 92.6 cm³/mol. The first-order valence-electron chi connectivity index (χ1n) is 8.59. The Morgan fingerprint density at radius 3 is 2.52 bits per heavy atom. The lowest BCUT2D eigenvalue weighted by atomic mass is 9.74. The van der Waals surface area contributed by atoms with Crippen molar-refractivity contribution >= 4 is 0 Å². The molecule has 2 nitrogen and oxygen atoms in total. The molecule has 0 spiro atoms. The summed E-state index contributed by atoms with van der Waals surface area (Å²) >= 11 is 0. The minimum Gasteiger partial charge on any atom is -0.486 e. The fourth-order valence-electron chi connectivity index (χ4n) is 4.06. The zero-order valence-corrected chi connectivity index (χ0v) is 14.1. The van der Waals surface area contributed by atoms with Gasteiger partial charge in [0, 0.05) is 17.0 Å². The highest BCUT2D eigenvalue weighted by atomic mass is 16.5. The molecule has 1 fully saturated rings. The molecule has 0 radical (unpaired) electrons. The fourth-order valence-corrected chi connectivity index (χ4v) is 4.06. The van der Waals surface area contributed by atoms with Gasteiger partial charge in [0.25, 0.3) is 0 Å². The van der Waals surface area contributed by atoms with Crippen molar-refractivity contribution in [1.29, 1.82) is 0 Å². The van der Waals surface area contributed by atoms with Gasteiger partial charge in [-0.05, 0) is 39.2 Å². The molecule has 2 heteroatoms. The van der Waals surface area contributed by atoms with Gasteiger partial charge in [-0.15, -0.1) is 0 Å². The lowest BCUT2D eigenvalue weighted by molar-refractivity contribution is -0.144. The van der Waals surface area contributed by atoms with Crippen LogP contribution in [0.25, 0.3) is 11.1 Å². The quantitative estimate of drug-likeness (QED) is 0.704. The minimum absolute atomic E-state index is 0.140. The number of para-hydroxylation sites is 1. The van der Waals surface area contributed by atoms with Crippen LogP contribution in [0.5, 0.6) is 5.75 Å². The third kappa shape index (κ3) is 2.46. The number of hydrogen-bond donors (Lipinski definition) is 0. The van der Waals surface area contributed by atoms with Crippen LogP contribution in [0.4, 0.5) is 0 Å². The molecule has 1 saturated heterocycles. The lowest BCUT2D eigenvalue weighted by Gasteiger charge is -2.48. The van der Waals surface area contributed by atoms with Crippen molar-refractivity contribution in [3.63, 3.8) is 0 Å². The first-order valence-corrected chi connectivity index (χ1v) is 8.59. The summed E-state index contributed by atoms with van der Waals surface area (Å²) in [6.07, 6.45) is 2.73. The van der Waals surface area contributed by atoms with E-state index in [9.17, 15) is 0 Å². The molecule has 2 aliphatic heterocycles. The summed E-state index contributed by atoms with van der Waals surface area (Å²) in [5.74, 6) is 1.41. The van der Waals surface area contributed by atoms with Crippen molar-refractivity contribution in [2.24, 2.45) is 5.92 Å². The monoisotopic (exact) mass is 308 g/mol. The number of hydrogen-bond acceptors (Lipinski definition) is 2. The van der Waals surface area contributed by atoms with Gasteiger partial charge in [0.1, 0.15) is 11.4 Å². The van der Waals surface area contributed by atoms with Gasteiger partial charge in [-0.1, -0.05) is 48.5 Å². The molecular formula is C21H24O2. The van der Waals surface area contributed by atoms with E-state index in [2.05, 4.69) is 63.2 Å². The molecule has 0 aromatic heterocycles. The van der Waals surface area contributed by atoms with E-state index < -0.39 is 0 Å². The molecule has 0 bridgehead atoms. The Morgan fingerprint density at radius 1 is 0.957 bits per heavy atom. The molecule has 3 atom stereocenters. The summed E-state index contributed by atoms with van der Waals surface area (Å²) in [4.78, 5) is 0. The average molecular weight is 308 g/mol. The summed E-state index contributed by atoms with van der Waals surface area (Å²) in [5.41, 5.74) is 3.36. The third-order valence-electron chi connectivity index (χ3n) is 5.32. The minimum atomic E-state index is -0.206. The molecule has 4 rings (SSSR count). The average Bonchev–Trinajstić information content (AvgIpc) is 2.54. The molecule has 23 heavy (non-hydrogen) atoms. The van der Waals surface area contributed by atoms with Gasteiger partial charge in [0.15, 0.2) is 0 Å². The van der Waals surface area contributed by atoms with Crippen molar-refractivity contribution in [3.05, 3.63) is 54.1 Å². The zero-order chi connectivity index (χ0) is 16.0. The summed E-state index contributed by atoms with van der Waals surface area (Å²) in [6, 6.07) is 16.9. The molecule has 2 aromatic rings. The summed E-state index contributed by atoms with van der Waals surface area (Å²) in [7, 11) is 0. The number of fused-ring (bicyclic) bond motifs is 3. The van der Waals surface area contributed by atoms with Crippen LogP contribution in [-0.2, 0) is 4.74 Å². The van der Waals surface area contributed by atoms with E-state index in [-0.39, 0.29) is 11.7 Å². The van der Waals surface area contributed by atoms with Gasteiger partial charge in [0.05, 0.1) is 12.2 Å². The van der Waals surface area contributed by atoms with Crippen LogP contribution in [0.2, 0.25) is 0 Å². The first-order chi connectivity index (χ1) is 11.1. The molecule has 2 aromatic carbocycles. The molecule has 0 amide bonds. The van der Waals surface area contributed by atoms with E-state index in [1.54, 1.807) is 0 Å². The fraction of sp³-hybridized carbons (Fsp3) is 0.429. The second-order valence-corrected chi connectivity index (χ2v) is 7.35. The van der Waals surface area contributed by atoms with Gasteiger partial charge in [-0.3, -0.25) is 0 Å². The van der Waals surface area contributed by atoms with Crippen molar-refractivity contribution in [3.8, 4) is 16.9 Å². The normalized spacial score (nSPS) is 28.4. The van der Waals surface area contributed by atoms with Crippen molar-refractivity contribution in [1.82, 2.24) is 0 Å². The Labute approximate surface area is 138 Å².